The molecule has 0 aliphatic heterocycles. The molecule has 0 saturated carbocycles. The Balaban J connectivity index is 2.71. The second-order valence-electron chi connectivity index (χ2n) is 4.28. The molecule has 1 heterocycles. The van der Waals surface area contributed by atoms with Crippen LogP contribution in [-0.2, 0) is 0 Å². The molecule has 1 aromatic carbocycles. The Morgan fingerprint density at radius 2 is 1.55 bits per heavy atom. The summed E-state index contributed by atoms with van der Waals surface area (Å²) in [6.45, 7) is 1.90. The molecular weight excluding hydrogens is 256 g/mol. The number of methoxy groups -OCH3 is 3. The molecule has 2 N–H and O–H groups in total. The van der Waals surface area contributed by atoms with Crippen LogP contribution in [0.25, 0.3) is 11.1 Å². The van der Waals surface area contributed by atoms with E-state index in [2.05, 4.69) is 4.98 Å². The van der Waals surface area contributed by atoms with E-state index in [-0.39, 0.29) is 0 Å². The van der Waals surface area contributed by atoms with Gasteiger partial charge in [0.2, 0.25) is 0 Å². The van der Waals surface area contributed by atoms with E-state index in [0.717, 1.165) is 16.8 Å². The smallest absolute Gasteiger partial charge is 0.134 e. The predicted molar refractivity (Wildman–Crippen MR) is 78.5 cm³/mol. The highest BCUT2D eigenvalue weighted by atomic mass is 16.5. The lowest BCUT2D eigenvalue weighted by molar-refractivity contribution is 0.377. The highest BCUT2D eigenvalue weighted by Crippen LogP contribution is 2.42. The Labute approximate surface area is 118 Å². The summed E-state index contributed by atoms with van der Waals surface area (Å²) in [4.78, 5) is 4.28. The van der Waals surface area contributed by atoms with Crippen molar-refractivity contribution in [3.8, 4) is 28.4 Å². The monoisotopic (exact) mass is 274 g/mol. The Hall–Kier alpha value is -2.43. The minimum atomic E-state index is 0.484. The Kier molecular flexibility index (Phi) is 3.98. The summed E-state index contributed by atoms with van der Waals surface area (Å²) in [6.07, 6.45) is 0. The largest absolute Gasteiger partial charge is 0.496 e. The lowest BCUT2D eigenvalue weighted by Gasteiger charge is -2.16. The number of hydrogen-bond donors (Lipinski definition) is 1. The van der Waals surface area contributed by atoms with Crippen LogP contribution in [0.4, 0.5) is 5.82 Å². The molecule has 5 nitrogen and oxygen atoms in total. The molecule has 2 aromatic rings. The van der Waals surface area contributed by atoms with Crippen LogP contribution >= 0.6 is 0 Å². The van der Waals surface area contributed by atoms with Crippen LogP contribution in [0.15, 0.2) is 24.3 Å². The van der Waals surface area contributed by atoms with E-state index in [1.807, 2.05) is 25.1 Å². The van der Waals surface area contributed by atoms with Crippen LogP contribution < -0.4 is 19.9 Å². The first kappa shape index (κ1) is 14.0. The fraction of sp³-hybridized carbons (Fsp3) is 0.267. The fourth-order valence-electron chi connectivity index (χ4n) is 2.12. The van der Waals surface area contributed by atoms with Crippen molar-refractivity contribution >= 4 is 5.82 Å². The highest BCUT2D eigenvalue weighted by molar-refractivity contribution is 5.80. The first-order valence-electron chi connectivity index (χ1n) is 6.14. The van der Waals surface area contributed by atoms with E-state index >= 15 is 0 Å². The van der Waals surface area contributed by atoms with Crippen molar-refractivity contribution in [2.45, 2.75) is 6.92 Å². The number of pyridine rings is 1. The molecule has 0 amide bonds. The van der Waals surface area contributed by atoms with Gasteiger partial charge in [0.25, 0.3) is 0 Å². The maximum Gasteiger partial charge on any atom is 0.134 e. The summed E-state index contributed by atoms with van der Waals surface area (Å²) in [6, 6.07) is 7.29. The van der Waals surface area contributed by atoms with Crippen molar-refractivity contribution in [1.82, 2.24) is 4.98 Å². The first-order valence-corrected chi connectivity index (χ1v) is 6.14. The van der Waals surface area contributed by atoms with Crippen molar-refractivity contribution in [2.75, 3.05) is 27.1 Å². The third-order valence-electron chi connectivity index (χ3n) is 3.09. The van der Waals surface area contributed by atoms with Crippen LogP contribution in [-0.4, -0.2) is 26.3 Å². The molecule has 2 rings (SSSR count). The van der Waals surface area contributed by atoms with Gasteiger partial charge in [0.1, 0.15) is 23.1 Å². The van der Waals surface area contributed by atoms with Gasteiger partial charge in [-0.05, 0) is 19.1 Å². The summed E-state index contributed by atoms with van der Waals surface area (Å²) >= 11 is 0. The number of ether oxygens (including phenoxy) is 3. The number of anilines is 1. The first-order chi connectivity index (χ1) is 9.60. The zero-order chi connectivity index (χ0) is 14.7. The number of nitrogens with two attached hydrogens (primary N) is 1. The van der Waals surface area contributed by atoms with Gasteiger partial charge in [0.15, 0.2) is 0 Å². The van der Waals surface area contributed by atoms with E-state index in [4.69, 9.17) is 19.9 Å². The van der Waals surface area contributed by atoms with Gasteiger partial charge in [-0.2, -0.15) is 0 Å². The predicted octanol–water partition coefficient (Wildman–Crippen LogP) is 2.67. The summed E-state index contributed by atoms with van der Waals surface area (Å²) in [5.74, 6) is 2.48. The molecule has 0 radical (unpaired) electrons. The second-order valence-corrected chi connectivity index (χ2v) is 4.28. The quantitative estimate of drug-likeness (QED) is 0.928. The molecule has 0 aliphatic rings. The SMILES string of the molecule is COc1cc(OC)c(-c2ccc(N)nc2C)c(OC)c1. The molecule has 0 spiro atoms. The summed E-state index contributed by atoms with van der Waals surface area (Å²) in [7, 11) is 4.82. The summed E-state index contributed by atoms with van der Waals surface area (Å²) < 4.78 is 16.1. The van der Waals surface area contributed by atoms with Gasteiger partial charge < -0.3 is 19.9 Å². The molecule has 5 heteroatoms. The van der Waals surface area contributed by atoms with Crippen molar-refractivity contribution in [1.29, 1.82) is 0 Å². The van der Waals surface area contributed by atoms with Gasteiger partial charge in [-0.1, -0.05) is 0 Å². The van der Waals surface area contributed by atoms with Gasteiger partial charge in [-0.25, -0.2) is 4.98 Å². The third kappa shape index (κ3) is 2.47. The van der Waals surface area contributed by atoms with Gasteiger partial charge in [0.05, 0.1) is 26.9 Å². The third-order valence-corrected chi connectivity index (χ3v) is 3.09. The molecule has 106 valence electrons. The van der Waals surface area contributed by atoms with Crippen LogP contribution in [0, 0.1) is 6.92 Å². The number of aromatic nitrogens is 1. The lowest BCUT2D eigenvalue weighted by Crippen LogP contribution is -1.99. The number of nitrogens with zero attached hydrogens (tertiary/aromatic N) is 1. The maximum atomic E-state index is 5.70. The van der Waals surface area contributed by atoms with Crippen molar-refractivity contribution in [3.63, 3.8) is 0 Å². The number of benzene rings is 1. The summed E-state index contributed by atoms with van der Waals surface area (Å²) in [5, 5.41) is 0. The van der Waals surface area contributed by atoms with E-state index < -0.39 is 0 Å². The minimum Gasteiger partial charge on any atom is -0.496 e. The maximum absolute atomic E-state index is 5.70. The number of nitrogen functional groups attached to an aromatic ring is 1. The van der Waals surface area contributed by atoms with Gasteiger partial charge >= 0.3 is 0 Å². The number of aryl methyl sites for hydroxylation is 1. The normalized spacial score (nSPS) is 10.2. The zero-order valence-electron chi connectivity index (χ0n) is 12.1. The molecule has 1 aromatic heterocycles. The molecular formula is C15H18N2O3. The molecule has 0 aliphatic carbocycles. The second kappa shape index (κ2) is 5.69. The molecule has 20 heavy (non-hydrogen) atoms. The Morgan fingerprint density at radius 1 is 0.950 bits per heavy atom. The molecule has 0 unspecified atom stereocenters. The van der Waals surface area contributed by atoms with Gasteiger partial charge in [-0.3, -0.25) is 0 Å². The average Bonchev–Trinajstić information content (AvgIpc) is 2.46. The van der Waals surface area contributed by atoms with Crippen LogP contribution in [0.1, 0.15) is 5.69 Å². The summed E-state index contributed by atoms with van der Waals surface area (Å²) in [5.41, 5.74) is 8.26. The van der Waals surface area contributed by atoms with Crippen molar-refractivity contribution in [2.24, 2.45) is 0 Å². The van der Waals surface area contributed by atoms with Crippen LogP contribution in [0.2, 0.25) is 0 Å². The fourth-order valence-corrected chi connectivity index (χ4v) is 2.12. The van der Waals surface area contributed by atoms with E-state index in [1.54, 1.807) is 27.4 Å². The Morgan fingerprint density at radius 3 is 2.00 bits per heavy atom. The topological polar surface area (TPSA) is 66.6 Å². The molecule has 0 atom stereocenters. The van der Waals surface area contributed by atoms with Crippen LogP contribution in [0.3, 0.4) is 0 Å². The molecule has 0 bridgehead atoms. The lowest BCUT2D eigenvalue weighted by atomic mass is 10.0. The van der Waals surface area contributed by atoms with Crippen molar-refractivity contribution in [3.05, 3.63) is 30.0 Å². The average molecular weight is 274 g/mol. The minimum absolute atomic E-state index is 0.484. The Bertz CT molecular complexity index is 602. The molecule has 0 fully saturated rings. The van der Waals surface area contributed by atoms with E-state index in [9.17, 15) is 0 Å². The molecule has 0 saturated heterocycles. The number of rotatable bonds is 4. The van der Waals surface area contributed by atoms with Gasteiger partial charge in [0, 0.05) is 23.4 Å². The number of hydrogen-bond acceptors (Lipinski definition) is 5. The zero-order valence-corrected chi connectivity index (χ0v) is 12.1. The van der Waals surface area contributed by atoms with Crippen molar-refractivity contribution < 1.29 is 14.2 Å². The highest BCUT2D eigenvalue weighted by Gasteiger charge is 2.17. The van der Waals surface area contributed by atoms with Gasteiger partial charge in [-0.15, -0.1) is 0 Å². The van der Waals surface area contributed by atoms with E-state index in [1.165, 1.54) is 0 Å². The standard InChI is InChI=1S/C15H18N2O3/c1-9-11(5-6-14(16)17-9)15-12(19-3)7-10(18-2)8-13(15)20-4/h5-8H,1-4H3,(H2,16,17). The van der Waals surface area contributed by atoms with Crippen LogP contribution in [0.5, 0.6) is 17.2 Å². The van der Waals surface area contributed by atoms with E-state index in [0.29, 0.717) is 23.1 Å².